The van der Waals surface area contributed by atoms with Crippen LogP contribution >= 0.6 is 0 Å². The Labute approximate surface area is 124 Å². The summed E-state index contributed by atoms with van der Waals surface area (Å²) < 4.78 is 0. The topological polar surface area (TPSA) is 90.0 Å². The molecule has 3 amide bonds. The van der Waals surface area contributed by atoms with Crippen molar-refractivity contribution in [2.45, 2.75) is 45.2 Å². The van der Waals surface area contributed by atoms with Crippen molar-refractivity contribution in [2.75, 3.05) is 19.6 Å². The molecule has 2 saturated heterocycles. The van der Waals surface area contributed by atoms with Gasteiger partial charge in [0.05, 0.1) is 0 Å². The summed E-state index contributed by atoms with van der Waals surface area (Å²) in [5.41, 5.74) is 0. The summed E-state index contributed by atoms with van der Waals surface area (Å²) in [4.78, 5) is 39.0. The monoisotopic (exact) mass is 297 g/mol. The maximum absolute atomic E-state index is 12.7. The zero-order valence-electron chi connectivity index (χ0n) is 12.5. The van der Waals surface area contributed by atoms with Gasteiger partial charge in [-0.3, -0.25) is 4.79 Å². The summed E-state index contributed by atoms with van der Waals surface area (Å²) in [6, 6.07) is -1.62. The third-order valence-corrected chi connectivity index (χ3v) is 4.40. The number of amides is 3. The second-order valence-corrected chi connectivity index (χ2v) is 5.79. The van der Waals surface area contributed by atoms with E-state index < -0.39 is 18.1 Å². The van der Waals surface area contributed by atoms with Crippen molar-refractivity contribution >= 4 is 17.9 Å². The lowest BCUT2D eigenvalue weighted by Gasteiger charge is -2.43. The summed E-state index contributed by atoms with van der Waals surface area (Å²) in [5.74, 6) is -1.20. The van der Waals surface area contributed by atoms with Gasteiger partial charge in [0.25, 0.3) is 0 Å². The minimum Gasteiger partial charge on any atom is -0.480 e. The van der Waals surface area contributed by atoms with E-state index >= 15 is 0 Å². The standard InChI is InChI=1S/C14H23N3O4/c1-3-10-12(18)15-6-8-16(10)14(21)17-7-4-5-9(2)11(17)13(19)20/h9-11H,3-8H2,1-2H3,(H,15,18)(H,19,20). The SMILES string of the molecule is CCC1C(=O)NCCN1C(=O)N1CCCC(C)C1C(=O)O. The van der Waals surface area contributed by atoms with Crippen molar-refractivity contribution in [1.82, 2.24) is 15.1 Å². The third-order valence-electron chi connectivity index (χ3n) is 4.40. The molecule has 0 radical (unpaired) electrons. The van der Waals surface area contributed by atoms with Crippen LogP contribution in [0.25, 0.3) is 0 Å². The van der Waals surface area contributed by atoms with Gasteiger partial charge in [-0.2, -0.15) is 0 Å². The Morgan fingerprint density at radius 2 is 2.05 bits per heavy atom. The number of piperidine rings is 1. The van der Waals surface area contributed by atoms with E-state index in [1.54, 1.807) is 0 Å². The second-order valence-electron chi connectivity index (χ2n) is 5.79. The number of likely N-dealkylation sites (tertiary alicyclic amines) is 1. The fraction of sp³-hybridized carbons (Fsp3) is 0.786. The molecule has 2 fully saturated rings. The van der Waals surface area contributed by atoms with Crippen LogP contribution in [0.5, 0.6) is 0 Å². The van der Waals surface area contributed by atoms with Crippen molar-refractivity contribution in [2.24, 2.45) is 5.92 Å². The van der Waals surface area contributed by atoms with Gasteiger partial charge in [0.15, 0.2) is 0 Å². The summed E-state index contributed by atoms with van der Waals surface area (Å²) in [6.45, 7) is 5.00. The van der Waals surface area contributed by atoms with Gasteiger partial charge < -0.3 is 20.2 Å². The number of hydrogen-bond acceptors (Lipinski definition) is 3. The number of aliphatic carboxylic acids is 1. The molecule has 7 nitrogen and oxygen atoms in total. The van der Waals surface area contributed by atoms with Crippen LogP contribution in [0.3, 0.4) is 0 Å². The Kier molecular flexibility index (Phi) is 4.69. The van der Waals surface area contributed by atoms with Crippen LogP contribution in [-0.2, 0) is 9.59 Å². The predicted octanol–water partition coefficient (Wildman–Crippen LogP) is 0.502. The number of piperazine rings is 1. The van der Waals surface area contributed by atoms with Crippen LogP contribution in [0.2, 0.25) is 0 Å². The Morgan fingerprint density at radius 1 is 1.33 bits per heavy atom. The number of carboxylic acid groups (broad SMARTS) is 1. The van der Waals surface area contributed by atoms with Crippen molar-refractivity contribution in [3.05, 3.63) is 0 Å². The van der Waals surface area contributed by atoms with E-state index in [2.05, 4.69) is 5.32 Å². The Hall–Kier alpha value is -1.79. The van der Waals surface area contributed by atoms with Crippen molar-refractivity contribution in [3.8, 4) is 0 Å². The first-order valence-corrected chi connectivity index (χ1v) is 7.55. The second kappa shape index (κ2) is 6.32. The van der Waals surface area contributed by atoms with Crippen LogP contribution in [0.4, 0.5) is 4.79 Å². The highest BCUT2D eigenvalue weighted by molar-refractivity contribution is 5.90. The van der Waals surface area contributed by atoms with Gasteiger partial charge in [-0.25, -0.2) is 9.59 Å². The maximum Gasteiger partial charge on any atom is 0.326 e. The van der Waals surface area contributed by atoms with E-state index in [4.69, 9.17) is 0 Å². The Morgan fingerprint density at radius 3 is 2.67 bits per heavy atom. The zero-order valence-corrected chi connectivity index (χ0v) is 12.5. The van der Waals surface area contributed by atoms with Crippen molar-refractivity contribution in [1.29, 1.82) is 0 Å². The number of hydrogen-bond donors (Lipinski definition) is 2. The van der Waals surface area contributed by atoms with E-state index in [1.165, 1.54) is 9.80 Å². The summed E-state index contributed by atoms with van der Waals surface area (Å²) in [6.07, 6.45) is 2.13. The van der Waals surface area contributed by atoms with Gasteiger partial charge >= 0.3 is 12.0 Å². The molecule has 2 heterocycles. The molecule has 21 heavy (non-hydrogen) atoms. The molecule has 2 aliphatic heterocycles. The van der Waals surface area contributed by atoms with E-state index in [1.807, 2.05) is 13.8 Å². The average molecular weight is 297 g/mol. The van der Waals surface area contributed by atoms with E-state index in [0.29, 0.717) is 26.1 Å². The molecule has 3 unspecified atom stereocenters. The molecule has 2 aliphatic rings. The molecule has 0 aromatic carbocycles. The number of nitrogens with zero attached hydrogens (tertiary/aromatic N) is 2. The number of carboxylic acids is 1. The molecule has 0 aliphatic carbocycles. The first-order valence-electron chi connectivity index (χ1n) is 7.55. The minimum atomic E-state index is -0.968. The predicted molar refractivity (Wildman–Crippen MR) is 75.7 cm³/mol. The van der Waals surface area contributed by atoms with E-state index in [-0.39, 0.29) is 17.9 Å². The van der Waals surface area contributed by atoms with Gasteiger partial charge in [-0.05, 0) is 25.2 Å². The highest BCUT2D eigenvalue weighted by Gasteiger charge is 2.41. The molecule has 118 valence electrons. The molecule has 0 spiro atoms. The Balaban J connectivity index is 2.20. The lowest BCUT2D eigenvalue weighted by Crippen LogP contribution is -2.63. The van der Waals surface area contributed by atoms with Crippen LogP contribution < -0.4 is 5.32 Å². The van der Waals surface area contributed by atoms with Crippen LogP contribution in [0.15, 0.2) is 0 Å². The summed E-state index contributed by atoms with van der Waals surface area (Å²) in [5, 5.41) is 12.2. The summed E-state index contributed by atoms with van der Waals surface area (Å²) >= 11 is 0. The van der Waals surface area contributed by atoms with Crippen molar-refractivity contribution in [3.63, 3.8) is 0 Å². The molecule has 0 aromatic rings. The zero-order chi connectivity index (χ0) is 15.6. The largest absolute Gasteiger partial charge is 0.480 e. The van der Waals surface area contributed by atoms with Gasteiger partial charge in [0.1, 0.15) is 12.1 Å². The highest BCUT2D eigenvalue weighted by atomic mass is 16.4. The number of nitrogens with one attached hydrogen (secondary N) is 1. The molecule has 7 heteroatoms. The molecule has 0 bridgehead atoms. The molecule has 3 atom stereocenters. The number of carbonyl (C=O) groups is 3. The maximum atomic E-state index is 12.7. The van der Waals surface area contributed by atoms with E-state index in [9.17, 15) is 19.5 Å². The molecular formula is C14H23N3O4. The smallest absolute Gasteiger partial charge is 0.326 e. The van der Waals surface area contributed by atoms with Gasteiger partial charge in [-0.15, -0.1) is 0 Å². The van der Waals surface area contributed by atoms with Gasteiger partial charge in [0.2, 0.25) is 5.91 Å². The van der Waals surface area contributed by atoms with Gasteiger partial charge in [-0.1, -0.05) is 13.8 Å². The van der Waals surface area contributed by atoms with Crippen LogP contribution in [0, 0.1) is 5.92 Å². The minimum absolute atomic E-state index is 0.0705. The molecular weight excluding hydrogens is 274 g/mol. The number of urea groups is 1. The average Bonchev–Trinajstić information content (AvgIpc) is 2.45. The fourth-order valence-electron chi connectivity index (χ4n) is 3.29. The first-order chi connectivity index (χ1) is 9.97. The van der Waals surface area contributed by atoms with E-state index in [0.717, 1.165) is 12.8 Å². The summed E-state index contributed by atoms with van der Waals surface area (Å²) in [7, 11) is 0. The van der Waals surface area contributed by atoms with Crippen molar-refractivity contribution < 1.29 is 19.5 Å². The van der Waals surface area contributed by atoms with Crippen LogP contribution in [0.1, 0.15) is 33.1 Å². The molecule has 2 N–H and O–H groups in total. The fourth-order valence-corrected chi connectivity index (χ4v) is 3.29. The molecule has 2 rings (SSSR count). The number of carbonyl (C=O) groups excluding carboxylic acids is 2. The van der Waals surface area contributed by atoms with Gasteiger partial charge in [0, 0.05) is 19.6 Å². The lowest BCUT2D eigenvalue weighted by molar-refractivity contribution is -0.145. The normalized spacial score (nSPS) is 30.0. The molecule has 0 saturated carbocycles. The third kappa shape index (κ3) is 2.96. The molecule has 0 aromatic heterocycles. The highest BCUT2D eigenvalue weighted by Crippen LogP contribution is 2.25. The first kappa shape index (κ1) is 15.6. The quantitative estimate of drug-likeness (QED) is 0.776. The Bertz CT molecular complexity index is 440. The number of rotatable bonds is 2. The lowest BCUT2D eigenvalue weighted by atomic mass is 9.91. The van der Waals surface area contributed by atoms with Crippen LogP contribution in [-0.4, -0.2) is 64.5 Å².